The minimum atomic E-state index is -0.582. The number of amides is 1. The zero-order chi connectivity index (χ0) is 15.9. The molecule has 0 aromatic carbocycles. The number of carbonyl (C=O) groups is 2. The van der Waals surface area contributed by atoms with Crippen molar-refractivity contribution in [3.05, 3.63) is 0 Å². The summed E-state index contributed by atoms with van der Waals surface area (Å²) in [7, 11) is 0. The summed E-state index contributed by atoms with van der Waals surface area (Å²) in [5.74, 6) is -0.182. The molecule has 0 unspecified atom stereocenters. The van der Waals surface area contributed by atoms with E-state index in [0.29, 0.717) is 26.2 Å². The number of nitrogens with one attached hydrogen (secondary N) is 1. The van der Waals surface area contributed by atoms with Crippen LogP contribution in [0.15, 0.2) is 0 Å². The average Bonchev–Trinajstić information content (AvgIpc) is 2.64. The summed E-state index contributed by atoms with van der Waals surface area (Å²) in [5.41, 5.74) is -1.32. The van der Waals surface area contributed by atoms with E-state index in [1.54, 1.807) is 4.90 Å². The maximum Gasteiger partial charge on any atom is 0.410 e. The summed E-state index contributed by atoms with van der Waals surface area (Å²) < 4.78 is 10.6. The van der Waals surface area contributed by atoms with E-state index in [2.05, 4.69) is 5.32 Å². The Hall–Kier alpha value is -1.30. The van der Waals surface area contributed by atoms with Crippen LogP contribution in [0.5, 0.6) is 0 Å². The lowest BCUT2D eigenvalue weighted by atomic mass is 9.62. The maximum absolute atomic E-state index is 12.3. The highest BCUT2D eigenvalue weighted by Gasteiger charge is 2.64. The second-order valence-electron chi connectivity index (χ2n) is 7.27. The van der Waals surface area contributed by atoms with Crippen LogP contribution < -0.4 is 5.32 Å². The Morgan fingerprint density at radius 1 is 1.24 bits per heavy atom. The Bertz CT molecular complexity index is 437. The first-order valence-electron chi connectivity index (χ1n) is 7.49. The predicted octanol–water partition coefficient (Wildman–Crippen LogP) is 1.40. The van der Waals surface area contributed by atoms with E-state index in [4.69, 9.17) is 9.47 Å². The molecule has 0 aliphatic carbocycles. The summed E-state index contributed by atoms with van der Waals surface area (Å²) in [6, 6.07) is 0. The third kappa shape index (κ3) is 2.73. The first kappa shape index (κ1) is 16.1. The smallest absolute Gasteiger partial charge is 0.410 e. The molecule has 0 bridgehead atoms. The van der Waals surface area contributed by atoms with Crippen LogP contribution in [0.3, 0.4) is 0 Å². The lowest BCUT2D eigenvalue weighted by Crippen LogP contribution is -2.67. The molecule has 0 aromatic rings. The van der Waals surface area contributed by atoms with Gasteiger partial charge in [-0.3, -0.25) is 4.79 Å². The van der Waals surface area contributed by atoms with Crippen LogP contribution in [0.1, 0.15) is 34.6 Å². The summed E-state index contributed by atoms with van der Waals surface area (Å²) in [6.45, 7) is 12.0. The van der Waals surface area contributed by atoms with Gasteiger partial charge in [-0.25, -0.2) is 4.79 Å². The summed E-state index contributed by atoms with van der Waals surface area (Å²) >= 11 is 0. The van der Waals surface area contributed by atoms with Crippen LogP contribution in [0.4, 0.5) is 4.79 Å². The minimum Gasteiger partial charge on any atom is -0.466 e. The summed E-state index contributed by atoms with van der Waals surface area (Å²) in [4.78, 5) is 26.0. The molecule has 2 saturated heterocycles. The van der Waals surface area contributed by atoms with Gasteiger partial charge in [-0.05, 0) is 34.6 Å². The molecule has 0 aromatic heterocycles. The number of nitrogens with zero attached hydrogens (tertiary/aromatic N) is 1. The van der Waals surface area contributed by atoms with Crippen LogP contribution in [-0.4, -0.2) is 55.3 Å². The fraction of sp³-hybridized carbons (Fsp3) is 0.867. The van der Waals surface area contributed by atoms with Gasteiger partial charge in [0.25, 0.3) is 0 Å². The molecule has 6 nitrogen and oxygen atoms in total. The van der Waals surface area contributed by atoms with Gasteiger partial charge < -0.3 is 19.7 Å². The van der Waals surface area contributed by atoms with Crippen LogP contribution in [0.2, 0.25) is 0 Å². The number of carbonyl (C=O) groups excluding carboxylic acids is 2. The molecule has 1 spiro atoms. The fourth-order valence-electron chi connectivity index (χ4n) is 3.11. The Morgan fingerprint density at radius 2 is 1.86 bits per heavy atom. The highest BCUT2D eigenvalue weighted by molar-refractivity contribution is 5.80. The minimum absolute atomic E-state index is 0.182. The van der Waals surface area contributed by atoms with Crippen molar-refractivity contribution in [2.24, 2.45) is 10.8 Å². The van der Waals surface area contributed by atoms with Crippen molar-refractivity contribution >= 4 is 12.1 Å². The molecular formula is C15H26N2O4. The molecule has 21 heavy (non-hydrogen) atoms. The van der Waals surface area contributed by atoms with Gasteiger partial charge in [-0.15, -0.1) is 0 Å². The van der Waals surface area contributed by atoms with Gasteiger partial charge in [-0.1, -0.05) is 0 Å². The molecule has 6 heteroatoms. The third-order valence-corrected chi connectivity index (χ3v) is 4.48. The van der Waals surface area contributed by atoms with E-state index < -0.39 is 11.0 Å². The van der Waals surface area contributed by atoms with Crippen molar-refractivity contribution in [3.8, 4) is 0 Å². The topological polar surface area (TPSA) is 67.9 Å². The van der Waals surface area contributed by atoms with Crippen molar-refractivity contribution in [1.29, 1.82) is 0 Å². The van der Waals surface area contributed by atoms with Crippen molar-refractivity contribution in [1.82, 2.24) is 10.2 Å². The first-order chi connectivity index (χ1) is 9.63. The van der Waals surface area contributed by atoms with Crippen LogP contribution in [-0.2, 0) is 14.3 Å². The second kappa shape index (κ2) is 5.16. The highest BCUT2D eigenvalue weighted by Crippen LogP contribution is 2.50. The Labute approximate surface area is 126 Å². The molecular weight excluding hydrogens is 272 g/mol. The van der Waals surface area contributed by atoms with E-state index in [0.717, 1.165) is 6.54 Å². The number of rotatable bonds is 2. The third-order valence-electron chi connectivity index (χ3n) is 4.48. The van der Waals surface area contributed by atoms with Crippen molar-refractivity contribution in [2.45, 2.75) is 40.2 Å². The van der Waals surface area contributed by atoms with E-state index in [1.807, 2.05) is 34.6 Å². The molecule has 0 saturated carbocycles. The molecule has 2 aliphatic heterocycles. The fourth-order valence-corrected chi connectivity index (χ4v) is 3.11. The zero-order valence-electron chi connectivity index (χ0n) is 13.6. The largest absolute Gasteiger partial charge is 0.466 e. The van der Waals surface area contributed by atoms with Crippen LogP contribution in [0.25, 0.3) is 0 Å². The maximum atomic E-state index is 12.3. The van der Waals surface area contributed by atoms with E-state index in [9.17, 15) is 9.59 Å². The number of esters is 1. The molecule has 1 amide bonds. The molecule has 0 radical (unpaired) electrons. The van der Waals surface area contributed by atoms with E-state index in [1.165, 1.54) is 0 Å². The molecule has 1 N–H and O–H groups in total. The van der Waals surface area contributed by atoms with Gasteiger partial charge in [0.2, 0.25) is 0 Å². The molecule has 1 atom stereocenters. The summed E-state index contributed by atoms with van der Waals surface area (Å²) in [5, 5.41) is 3.27. The molecule has 120 valence electrons. The average molecular weight is 298 g/mol. The molecule has 2 fully saturated rings. The molecule has 2 heterocycles. The SMILES string of the molecule is CCOC(=O)[C@]1(C)CNCC12CN(C(=O)OC(C)(C)C)C2. The Morgan fingerprint density at radius 3 is 2.38 bits per heavy atom. The highest BCUT2D eigenvalue weighted by atomic mass is 16.6. The Kier molecular flexibility index (Phi) is 3.95. The number of hydrogen-bond donors (Lipinski definition) is 1. The normalized spacial score (nSPS) is 27.4. The standard InChI is InChI=1S/C15H26N2O4/c1-6-20-11(18)14(5)7-16-8-15(14)9-17(10-15)12(19)21-13(2,3)4/h16H,6-10H2,1-5H3/t14-/m0/s1. The number of likely N-dealkylation sites (tertiary alicyclic amines) is 1. The lowest BCUT2D eigenvalue weighted by molar-refractivity contribution is -0.167. The quantitative estimate of drug-likeness (QED) is 0.780. The van der Waals surface area contributed by atoms with Crippen LogP contribution >= 0.6 is 0 Å². The molecule has 2 aliphatic rings. The van der Waals surface area contributed by atoms with Crippen molar-refractivity contribution in [3.63, 3.8) is 0 Å². The second-order valence-corrected chi connectivity index (χ2v) is 7.27. The van der Waals surface area contributed by atoms with Gasteiger partial charge >= 0.3 is 12.1 Å². The van der Waals surface area contributed by atoms with Gasteiger partial charge in [0.05, 0.1) is 12.0 Å². The molecule has 2 rings (SSSR count). The van der Waals surface area contributed by atoms with Gasteiger partial charge in [-0.2, -0.15) is 0 Å². The first-order valence-corrected chi connectivity index (χ1v) is 7.49. The summed E-state index contributed by atoms with van der Waals surface area (Å²) in [6.07, 6.45) is -0.314. The van der Waals surface area contributed by atoms with Gasteiger partial charge in [0.15, 0.2) is 0 Å². The van der Waals surface area contributed by atoms with E-state index >= 15 is 0 Å². The Balaban J connectivity index is 2.03. The van der Waals surface area contributed by atoms with E-state index in [-0.39, 0.29) is 17.5 Å². The van der Waals surface area contributed by atoms with Crippen molar-refractivity contribution < 1.29 is 19.1 Å². The zero-order valence-corrected chi connectivity index (χ0v) is 13.6. The predicted molar refractivity (Wildman–Crippen MR) is 77.8 cm³/mol. The number of ether oxygens (including phenoxy) is 2. The monoisotopic (exact) mass is 298 g/mol. The van der Waals surface area contributed by atoms with Crippen LogP contribution in [0, 0.1) is 10.8 Å². The van der Waals surface area contributed by atoms with Crippen molar-refractivity contribution in [2.75, 3.05) is 32.8 Å². The number of hydrogen-bond acceptors (Lipinski definition) is 5. The van der Waals surface area contributed by atoms with Gasteiger partial charge in [0, 0.05) is 31.6 Å². The van der Waals surface area contributed by atoms with Gasteiger partial charge in [0.1, 0.15) is 5.60 Å². The lowest BCUT2D eigenvalue weighted by Gasteiger charge is -2.53.